The maximum absolute atomic E-state index is 11.1. The first-order valence-corrected chi connectivity index (χ1v) is 5.12. The molecular formula is C6H12O3S. The van der Waals surface area contributed by atoms with Crippen molar-refractivity contribution in [2.24, 2.45) is 0 Å². The maximum Gasteiger partial charge on any atom is 0.155 e. The molecule has 60 valence electrons. The lowest BCUT2D eigenvalue weighted by atomic mass is 10.1. The minimum atomic E-state index is -2.93. The molecule has 0 saturated carbocycles. The molecule has 0 amide bonds. The zero-order valence-electron chi connectivity index (χ0n) is 6.25. The molecule has 1 rings (SSSR count). The minimum absolute atomic E-state index is 0.353. The highest BCUT2D eigenvalue weighted by atomic mass is 32.2. The highest BCUT2D eigenvalue weighted by Gasteiger charge is 2.39. The summed E-state index contributed by atoms with van der Waals surface area (Å²) in [4.78, 5) is 0. The molecule has 1 aliphatic heterocycles. The van der Waals surface area contributed by atoms with Crippen molar-refractivity contribution in [3.63, 3.8) is 0 Å². The van der Waals surface area contributed by atoms with Gasteiger partial charge >= 0.3 is 0 Å². The van der Waals surface area contributed by atoms with E-state index in [2.05, 4.69) is 0 Å². The van der Waals surface area contributed by atoms with Gasteiger partial charge in [0.05, 0.1) is 11.4 Å². The van der Waals surface area contributed by atoms with Crippen LogP contribution in [0.1, 0.15) is 13.3 Å². The molecule has 0 N–H and O–H groups in total. The van der Waals surface area contributed by atoms with E-state index in [1.54, 1.807) is 6.92 Å². The SMILES string of the molecule is CC1(S(C)(=O)=O)CCOC1. The van der Waals surface area contributed by atoms with E-state index in [9.17, 15) is 8.42 Å². The molecule has 3 nitrogen and oxygen atoms in total. The van der Waals surface area contributed by atoms with Gasteiger partial charge in [-0.25, -0.2) is 8.42 Å². The van der Waals surface area contributed by atoms with Crippen molar-refractivity contribution in [3.8, 4) is 0 Å². The Morgan fingerprint density at radius 1 is 1.50 bits per heavy atom. The van der Waals surface area contributed by atoms with Crippen LogP contribution in [0.25, 0.3) is 0 Å². The van der Waals surface area contributed by atoms with Gasteiger partial charge in [0.1, 0.15) is 0 Å². The van der Waals surface area contributed by atoms with E-state index in [1.165, 1.54) is 6.26 Å². The Hall–Kier alpha value is -0.0900. The van der Waals surface area contributed by atoms with Gasteiger partial charge in [0.2, 0.25) is 0 Å². The molecule has 0 aromatic heterocycles. The van der Waals surface area contributed by atoms with Crippen LogP contribution < -0.4 is 0 Å². The lowest BCUT2D eigenvalue weighted by Gasteiger charge is -2.18. The molecule has 1 fully saturated rings. The maximum atomic E-state index is 11.1. The summed E-state index contributed by atoms with van der Waals surface area (Å²) < 4.78 is 26.5. The van der Waals surface area contributed by atoms with Gasteiger partial charge in [0.25, 0.3) is 0 Å². The predicted octanol–water partition coefficient (Wildman–Crippen LogP) is 0.210. The first kappa shape index (κ1) is 8.01. The molecule has 0 aromatic carbocycles. The van der Waals surface area contributed by atoms with Crippen LogP contribution in [0.3, 0.4) is 0 Å². The summed E-state index contributed by atoms with van der Waals surface area (Å²) >= 11 is 0. The fourth-order valence-corrected chi connectivity index (χ4v) is 1.69. The number of ether oxygens (including phenoxy) is 1. The van der Waals surface area contributed by atoms with Crippen LogP contribution >= 0.6 is 0 Å². The van der Waals surface area contributed by atoms with Crippen molar-refractivity contribution < 1.29 is 13.2 Å². The average molecular weight is 164 g/mol. The number of rotatable bonds is 1. The van der Waals surface area contributed by atoms with Crippen LogP contribution in [0.4, 0.5) is 0 Å². The topological polar surface area (TPSA) is 43.4 Å². The van der Waals surface area contributed by atoms with Gasteiger partial charge in [-0.2, -0.15) is 0 Å². The molecule has 1 atom stereocenters. The Bertz CT molecular complexity index is 211. The number of hydrogen-bond acceptors (Lipinski definition) is 3. The zero-order valence-corrected chi connectivity index (χ0v) is 7.07. The van der Waals surface area contributed by atoms with E-state index in [0.717, 1.165) is 0 Å². The average Bonchev–Trinajstić information content (AvgIpc) is 2.13. The van der Waals surface area contributed by atoms with Crippen LogP contribution in [0, 0.1) is 0 Å². The second-order valence-electron chi connectivity index (χ2n) is 3.02. The van der Waals surface area contributed by atoms with Crippen molar-refractivity contribution >= 4 is 9.84 Å². The normalized spacial score (nSPS) is 34.6. The van der Waals surface area contributed by atoms with Gasteiger partial charge in [-0.05, 0) is 13.3 Å². The Morgan fingerprint density at radius 2 is 2.10 bits per heavy atom. The minimum Gasteiger partial charge on any atom is -0.380 e. The highest BCUT2D eigenvalue weighted by Crippen LogP contribution is 2.25. The van der Waals surface area contributed by atoms with Gasteiger partial charge in [0, 0.05) is 12.9 Å². The third kappa shape index (κ3) is 1.18. The molecule has 0 spiro atoms. The van der Waals surface area contributed by atoms with Gasteiger partial charge < -0.3 is 4.74 Å². The molecule has 1 aliphatic rings. The molecule has 4 heteroatoms. The second-order valence-corrected chi connectivity index (χ2v) is 5.55. The smallest absolute Gasteiger partial charge is 0.155 e. The monoisotopic (exact) mass is 164 g/mol. The molecule has 1 unspecified atom stereocenters. The molecule has 1 heterocycles. The standard InChI is InChI=1S/C6H12O3S/c1-6(10(2,7)8)3-4-9-5-6/h3-5H2,1-2H3. The molecule has 0 radical (unpaired) electrons. The summed E-state index contributed by atoms with van der Waals surface area (Å²) in [5.41, 5.74) is 0. The van der Waals surface area contributed by atoms with Gasteiger partial charge in [-0.1, -0.05) is 0 Å². The van der Waals surface area contributed by atoms with Gasteiger partial charge in [0.15, 0.2) is 9.84 Å². The highest BCUT2D eigenvalue weighted by molar-refractivity contribution is 7.92. The second kappa shape index (κ2) is 2.20. The lowest BCUT2D eigenvalue weighted by Crippen LogP contribution is -2.34. The van der Waals surface area contributed by atoms with Crippen molar-refractivity contribution in [1.82, 2.24) is 0 Å². The van der Waals surface area contributed by atoms with Crippen LogP contribution in [-0.4, -0.2) is 32.6 Å². The summed E-state index contributed by atoms with van der Waals surface area (Å²) in [6.45, 7) is 2.66. The molecule has 0 aromatic rings. The van der Waals surface area contributed by atoms with E-state index in [4.69, 9.17) is 4.74 Å². The molecule has 1 saturated heterocycles. The van der Waals surface area contributed by atoms with Crippen LogP contribution in [0.5, 0.6) is 0 Å². The first-order valence-electron chi connectivity index (χ1n) is 3.23. The summed E-state index contributed by atoms with van der Waals surface area (Å²) in [6.07, 6.45) is 1.90. The molecule has 0 bridgehead atoms. The number of hydrogen-bond donors (Lipinski definition) is 0. The predicted molar refractivity (Wildman–Crippen MR) is 38.7 cm³/mol. The Morgan fingerprint density at radius 3 is 2.30 bits per heavy atom. The van der Waals surface area contributed by atoms with Crippen molar-refractivity contribution in [3.05, 3.63) is 0 Å². The summed E-state index contributed by atoms with van der Waals surface area (Å²) in [5, 5.41) is 0. The van der Waals surface area contributed by atoms with Gasteiger partial charge in [-0.15, -0.1) is 0 Å². The fraction of sp³-hybridized carbons (Fsp3) is 1.00. The molecular weight excluding hydrogens is 152 g/mol. The van der Waals surface area contributed by atoms with E-state index < -0.39 is 14.6 Å². The van der Waals surface area contributed by atoms with Gasteiger partial charge in [-0.3, -0.25) is 0 Å². The molecule has 10 heavy (non-hydrogen) atoms. The van der Waals surface area contributed by atoms with Crippen molar-refractivity contribution in [2.45, 2.75) is 18.1 Å². The summed E-state index contributed by atoms with van der Waals surface area (Å²) in [6, 6.07) is 0. The Balaban J connectivity index is 2.88. The van der Waals surface area contributed by atoms with E-state index >= 15 is 0 Å². The molecule has 0 aliphatic carbocycles. The lowest BCUT2D eigenvalue weighted by molar-refractivity contribution is 0.191. The fourth-order valence-electron chi connectivity index (χ4n) is 0.941. The first-order chi connectivity index (χ1) is 4.46. The number of sulfone groups is 1. The largest absolute Gasteiger partial charge is 0.380 e. The van der Waals surface area contributed by atoms with E-state index in [-0.39, 0.29) is 0 Å². The van der Waals surface area contributed by atoms with Crippen LogP contribution in [0.15, 0.2) is 0 Å². The van der Waals surface area contributed by atoms with Crippen LogP contribution in [0.2, 0.25) is 0 Å². The zero-order chi connectivity index (χ0) is 7.83. The van der Waals surface area contributed by atoms with E-state index in [0.29, 0.717) is 19.6 Å². The van der Waals surface area contributed by atoms with Crippen LogP contribution in [-0.2, 0) is 14.6 Å². The van der Waals surface area contributed by atoms with E-state index in [1.807, 2.05) is 0 Å². The third-order valence-corrected chi connectivity index (χ3v) is 4.19. The third-order valence-electron chi connectivity index (χ3n) is 2.08. The Kier molecular flexibility index (Phi) is 1.76. The van der Waals surface area contributed by atoms with Crippen molar-refractivity contribution in [1.29, 1.82) is 0 Å². The Labute approximate surface area is 61.3 Å². The summed E-state index contributed by atoms with van der Waals surface area (Å²) in [7, 11) is -2.93. The quantitative estimate of drug-likeness (QED) is 0.556. The van der Waals surface area contributed by atoms with Crippen molar-refractivity contribution in [2.75, 3.05) is 19.5 Å². The summed E-state index contributed by atoms with van der Waals surface area (Å²) in [5.74, 6) is 0.